The maximum atomic E-state index is 16.8. The second-order valence-corrected chi connectivity index (χ2v) is 16.9. The Morgan fingerprint density at radius 1 is 1.11 bits per heavy atom. The second-order valence-electron chi connectivity index (χ2n) is 16.5. The summed E-state index contributed by atoms with van der Waals surface area (Å²) in [5.74, 6) is -1.04. The van der Waals surface area contributed by atoms with E-state index >= 15 is 4.39 Å². The van der Waals surface area contributed by atoms with Gasteiger partial charge >= 0.3 is 12.1 Å². The smallest absolute Gasteiger partial charge is 0.410 e. The van der Waals surface area contributed by atoms with Gasteiger partial charge in [-0.25, -0.2) is 18.0 Å². The Morgan fingerprint density at radius 3 is 2.66 bits per heavy atom. The third-order valence-corrected chi connectivity index (χ3v) is 11.8. The standard InChI is InChI=1S/C41H45ClF3N7O4/c1-40(2,3)56-39(54)52-16-13-27(52)10-12-31(53)50-20-24(21-50)19-49(4)37-29-18-46-35(28-8-5-7-25-9-11-30(44)33(42)32(25)28)34(45)36(29)47-38(48-37)55-23-41-14-6-15-51(41)22-26(43)17-41/h5,7-12,18,24,26-27H,6,13-17,19-23H2,1-4H3/b12-10+/t26-,27-,41+/m1/s1. The fraction of sp³-hybridized carbons (Fsp3) is 0.488. The van der Waals surface area contributed by atoms with Gasteiger partial charge in [0, 0.05) is 75.3 Å². The van der Waals surface area contributed by atoms with Crippen molar-refractivity contribution in [3.63, 3.8) is 0 Å². The molecule has 2 amide bonds. The molecule has 0 bridgehead atoms. The van der Waals surface area contributed by atoms with Gasteiger partial charge in [0.1, 0.15) is 41.2 Å². The minimum Gasteiger partial charge on any atom is -0.461 e. The Kier molecular flexibility index (Phi) is 10.0. The molecule has 15 heteroatoms. The number of benzene rings is 2. The first-order valence-electron chi connectivity index (χ1n) is 19.1. The molecule has 2 aromatic carbocycles. The topological polar surface area (TPSA) is 104 Å². The highest BCUT2D eigenvalue weighted by molar-refractivity contribution is 6.36. The molecule has 4 aromatic rings. The van der Waals surface area contributed by atoms with Gasteiger partial charge in [-0.1, -0.05) is 41.9 Å². The van der Waals surface area contributed by atoms with Crippen LogP contribution in [0.3, 0.4) is 0 Å². The molecule has 0 saturated carbocycles. The van der Waals surface area contributed by atoms with E-state index in [0.717, 1.165) is 25.8 Å². The van der Waals surface area contributed by atoms with Gasteiger partial charge in [-0.05, 0) is 58.0 Å². The van der Waals surface area contributed by atoms with Gasteiger partial charge in [-0.15, -0.1) is 0 Å². The number of hydrogen-bond donors (Lipinski definition) is 0. The maximum Gasteiger partial charge on any atom is 0.410 e. The van der Waals surface area contributed by atoms with E-state index in [4.69, 9.17) is 26.1 Å². The number of alkyl halides is 1. The summed E-state index contributed by atoms with van der Waals surface area (Å²) in [6.07, 6.45) is 6.26. The fourth-order valence-corrected chi connectivity index (χ4v) is 8.79. The molecule has 0 unspecified atom stereocenters. The van der Waals surface area contributed by atoms with Gasteiger partial charge in [-0.3, -0.25) is 14.7 Å². The Morgan fingerprint density at radius 2 is 1.91 bits per heavy atom. The van der Waals surface area contributed by atoms with Crippen molar-refractivity contribution in [1.29, 1.82) is 0 Å². The van der Waals surface area contributed by atoms with Crippen LogP contribution in [-0.2, 0) is 9.53 Å². The van der Waals surface area contributed by atoms with E-state index in [0.29, 0.717) is 66.7 Å². The van der Waals surface area contributed by atoms with Crippen molar-refractivity contribution in [1.82, 2.24) is 29.7 Å². The fourth-order valence-electron chi connectivity index (χ4n) is 8.51. The molecule has 6 heterocycles. The number of aromatic nitrogens is 3. The van der Waals surface area contributed by atoms with Gasteiger partial charge in [0.05, 0.1) is 22.0 Å². The van der Waals surface area contributed by atoms with Crippen LogP contribution in [0.5, 0.6) is 6.01 Å². The van der Waals surface area contributed by atoms with Crippen molar-refractivity contribution in [2.75, 3.05) is 57.8 Å². The molecule has 56 heavy (non-hydrogen) atoms. The van der Waals surface area contributed by atoms with Gasteiger partial charge < -0.3 is 24.2 Å². The van der Waals surface area contributed by atoms with E-state index in [9.17, 15) is 18.4 Å². The average Bonchev–Trinajstić information content (AvgIpc) is 3.64. The summed E-state index contributed by atoms with van der Waals surface area (Å²) >= 11 is 6.42. The minimum atomic E-state index is -0.948. The zero-order valence-corrected chi connectivity index (χ0v) is 32.7. The van der Waals surface area contributed by atoms with E-state index in [-0.39, 0.29) is 46.7 Å². The third-order valence-electron chi connectivity index (χ3n) is 11.4. The quantitative estimate of drug-likeness (QED) is 0.163. The first-order chi connectivity index (χ1) is 26.7. The predicted molar refractivity (Wildman–Crippen MR) is 208 cm³/mol. The van der Waals surface area contributed by atoms with Crippen LogP contribution >= 0.6 is 11.6 Å². The first-order valence-corrected chi connectivity index (χ1v) is 19.5. The summed E-state index contributed by atoms with van der Waals surface area (Å²) < 4.78 is 57.8. The highest BCUT2D eigenvalue weighted by atomic mass is 35.5. The van der Waals surface area contributed by atoms with Crippen LogP contribution < -0.4 is 9.64 Å². The van der Waals surface area contributed by atoms with Crippen molar-refractivity contribution in [3.05, 3.63) is 65.3 Å². The van der Waals surface area contributed by atoms with Crippen LogP contribution in [0.2, 0.25) is 5.02 Å². The summed E-state index contributed by atoms with van der Waals surface area (Å²) in [5.41, 5.74) is -0.848. The molecule has 0 spiro atoms. The first kappa shape index (κ1) is 38.2. The monoisotopic (exact) mass is 791 g/mol. The lowest BCUT2D eigenvalue weighted by atomic mass is 9.95. The highest BCUT2D eigenvalue weighted by Gasteiger charge is 2.49. The van der Waals surface area contributed by atoms with Crippen LogP contribution in [0.25, 0.3) is 32.9 Å². The zero-order chi connectivity index (χ0) is 39.5. The van der Waals surface area contributed by atoms with Crippen molar-refractivity contribution < 1.29 is 32.2 Å². The number of pyridine rings is 1. The number of nitrogens with zero attached hydrogens (tertiary/aromatic N) is 7. The number of carbonyl (C=O) groups is 2. The molecule has 0 radical (unpaired) electrons. The molecule has 8 rings (SSSR count). The Bertz CT molecular complexity index is 2230. The van der Waals surface area contributed by atoms with Crippen LogP contribution in [0, 0.1) is 17.6 Å². The van der Waals surface area contributed by atoms with Crippen molar-refractivity contribution in [3.8, 4) is 17.3 Å². The Labute approximate surface area is 328 Å². The molecule has 11 nitrogen and oxygen atoms in total. The SMILES string of the molecule is CN(CC1CN(C(=O)/C=C/[C@@H]2CCN2C(=O)OC(C)(C)C)C1)c1nc(OC[C@@]23CCCN2C[C@H](F)C3)nc2c(F)c(-c3cccc4ccc(F)c(Cl)c34)ncc12. The molecule has 0 N–H and O–H groups in total. The van der Waals surface area contributed by atoms with Crippen LogP contribution in [0.4, 0.5) is 23.8 Å². The van der Waals surface area contributed by atoms with Crippen molar-refractivity contribution in [2.24, 2.45) is 5.92 Å². The molecule has 2 aromatic heterocycles. The molecular weight excluding hydrogens is 747 g/mol. The van der Waals surface area contributed by atoms with E-state index in [1.54, 1.807) is 40.1 Å². The maximum absolute atomic E-state index is 16.8. The largest absolute Gasteiger partial charge is 0.461 e. The molecule has 0 aliphatic carbocycles. The van der Waals surface area contributed by atoms with Gasteiger partial charge in [0.25, 0.3) is 0 Å². The minimum absolute atomic E-state index is 0.0334. The van der Waals surface area contributed by atoms with Crippen LogP contribution in [0.1, 0.15) is 46.5 Å². The summed E-state index contributed by atoms with van der Waals surface area (Å²) in [4.78, 5) is 46.7. The summed E-state index contributed by atoms with van der Waals surface area (Å²) in [5, 5.41) is 1.16. The van der Waals surface area contributed by atoms with Gasteiger partial charge in [-0.2, -0.15) is 9.97 Å². The number of rotatable bonds is 9. The lowest BCUT2D eigenvalue weighted by molar-refractivity contribution is -0.131. The molecule has 4 aliphatic rings. The highest BCUT2D eigenvalue weighted by Crippen LogP contribution is 2.41. The molecule has 4 aliphatic heterocycles. The normalized spacial score (nSPS) is 22.8. The number of halogens is 4. The van der Waals surface area contributed by atoms with Crippen LogP contribution in [-0.4, -0.2) is 118 Å². The molecular formula is C41H45ClF3N7O4. The number of ether oxygens (including phenoxy) is 2. The van der Waals surface area contributed by atoms with Crippen LogP contribution in [0.15, 0.2) is 48.7 Å². The summed E-state index contributed by atoms with van der Waals surface area (Å²) in [6, 6.07) is 7.75. The number of likely N-dealkylation sites (tertiary alicyclic amines) is 2. The van der Waals surface area contributed by atoms with E-state index in [1.165, 1.54) is 18.3 Å². The molecule has 3 atom stereocenters. The number of carbonyl (C=O) groups excluding carboxylic acids is 2. The predicted octanol–water partition coefficient (Wildman–Crippen LogP) is 7.19. The van der Waals surface area contributed by atoms with E-state index in [2.05, 4.69) is 14.9 Å². The Hall–Kier alpha value is -4.69. The number of anilines is 1. The van der Waals surface area contributed by atoms with Gasteiger partial charge in [0.2, 0.25) is 5.91 Å². The van der Waals surface area contributed by atoms with E-state index in [1.807, 2.05) is 32.7 Å². The van der Waals surface area contributed by atoms with Crippen molar-refractivity contribution >= 4 is 51.1 Å². The van der Waals surface area contributed by atoms with Crippen molar-refractivity contribution in [2.45, 2.75) is 69.8 Å². The van der Waals surface area contributed by atoms with Gasteiger partial charge in [0.15, 0.2) is 5.82 Å². The molecule has 4 fully saturated rings. The zero-order valence-electron chi connectivity index (χ0n) is 31.9. The summed E-state index contributed by atoms with van der Waals surface area (Å²) in [6.45, 7) is 8.81. The van der Waals surface area contributed by atoms with E-state index < -0.39 is 35.0 Å². The lowest BCUT2D eigenvalue weighted by Gasteiger charge is -2.41. The number of amides is 2. The average molecular weight is 792 g/mol. The molecule has 4 saturated heterocycles. The number of hydrogen-bond acceptors (Lipinski definition) is 9. The second kappa shape index (κ2) is 14.7. The summed E-state index contributed by atoms with van der Waals surface area (Å²) in [7, 11) is 1.83. The molecule has 296 valence electrons. The number of fused-ring (bicyclic) bond motifs is 3. The third kappa shape index (κ3) is 7.21. The lowest BCUT2D eigenvalue weighted by Crippen LogP contribution is -2.54. The Balaban J connectivity index is 1.03.